The lowest BCUT2D eigenvalue weighted by atomic mass is 9.91. The van der Waals surface area contributed by atoms with Crippen molar-refractivity contribution in [2.24, 2.45) is 9.98 Å². The van der Waals surface area contributed by atoms with Gasteiger partial charge >= 0.3 is 0 Å². The molecule has 0 unspecified atom stereocenters. The smallest absolute Gasteiger partial charge is 0.179 e. The molecule has 42 heavy (non-hydrogen) atoms. The minimum absolute atomic E-state index is 0.139. The monoisotopic (exact) mass is 550 g/mol. The number of hydrogen-bond acceptors (Lipinski definition) is 5. The Morgan fingerprint density at radius 1 is 0.762 bits per heavy atom. The molecular formula is C36H34N6. The van der Waals surface area contributed by atoms with E-state index in [0.717, 1.165) is 45.7 Å². The standard InChI is InChI=1S/C36H34N6/c1-22(2)26-16-18-27(19-17-26)33-32-25(5)40-42(29-11-7-6-8-12-29)35(32)39-36-34(37-28-20-15-23(3)24(4)21-28)38-30-13-9-10-14-31(30)41(33)36/h6-22,33H,1-5H3,(H,37,38)/t33-/m0/s1. The Bertz CT molecular complexity index is 1860. The van der Waals surface area contributed by atoms with Crippen molar-refractivity contribution in [2.45, 2.75) is 46.6 Å². The average Bonchev–Trinajstić information content (AvgIpc) is 3.34. The molecule has 0 saturated heterocycles. The Labute approximate surface area is 247 Å². The molecule has 208 valence electrons. The van der Waals surface area contributed by atoms with E-state index < -0.39 is 0 Å². The van der Waals surface area contributed by atoms with Gasteiger partial charge in [-0.05, 0) is 85.3 Å². The zero-order valence-electron chi connectivity index (χ0n) is 24.6. The van der Waals surface area contributed by atoms with Crippen molar-refractivity contribution in [3.8, 4) is 5.69 Å². The molecule has 6 heteroatoms. The van der Waals surface area contributed by atoms with Gasteiger partial charge in [0.15, 0.2) is 17.5 Å². The van der Waals surface area contributed by atoms with Crippen LogP contribution in [0, 0.1) is 20.8 Å². The van der Waals surface area contributed by atoms with Crippen LogP contribution in [0.25, 0.3) is 5.69 Å². The number of aromatic nitrogens is 2. The summed E-state index contributed by atoms with van der Waals surface area (Å²) in [5.41, 5.74) is 10.9. The molecule has 0 aliphatic carbocycles. The maximum Gasteiger partial charge on any atom is 0.179 e. The molecular weight excluding hydrogens is 516 g/mol. The fraction of sp³-hybridized carbons (Fsp3) is 0.194. The van der Waals surface area contributed by atoms with Crippen LogP contribution in [0.4, 0.5) is 22.9 Å². The van der Waals surface area contributed by atoms with Crippen molar-refractivity contribution >= 4 is 34.6 Å². The summed E-state index contributed by atoms with van der Waals surface area (Å²) in [6.45, 7) is 10.8. The molecule has 3 heterocycles. The quantitative estimate of drug-likeness (QED) is 0.243. The maximum absolute atomic E-state index is 5.35. The lowest BCUT2D eigenvalue weighted by molar-refractivity contribution is 0.810. The van der Waals surface area contributed by atoms with Crippen LogP contribution in [0.15, 0.2) is 107 Å². The fourth-order valence-corrected chi connectivity index (χ4v) is 5.88. The Morgan fingerprint density at radius 3 is 2.24 bits per heavy atom. The van der Waals surface area contributed by atoms with Gasteiger partial charge in [-0.25, -0.2) is 14.7 Å². The number of benzene rings is 4. The summed E-state index contributed by atoms with van der Waals surface area (Å²) in [7, 11) is 0. The van der Waals surface area contributed by atoms with Crippen molar-refractivity contribution in [3.05, 3.63) is 131 Å². The second kappa shape index (κ2) is 10.1. The summed E-state index contributed by atoms with van der Waals surface area (Å²) in [5, 5.41) is 8.68. The molecule has 2 aliphatic rings. The molecule has 0 bridgehead atoms. The first-order valence-electron chi connectivity index (χ1n) is 14.5. The maximum atomic E-state index is 5.35. The average molecular weight is 551 g/mol. The number of anilines is 2. The summed E-state index contributed by atoms with van der Waals surface area (Å²) >= 11 is 0. The van der Waals surface area contributed by atoms with Crippen molar-refractivity contribution < 1.29 is 0 Å². The van der Waals surface area contributed by atoms with E-state index in [4.69, 9.17) is 15.1 Å². The molecule has 0 radical (unpaired) electrons. The van der Waals surface area contributed by atoms with Gasteiger partial charge in [-0.1, -0.05) is 74.5 Å². The van der Waals surface area contributed by atoms with Crippen LogP contribution in [-0.2, 0) is 0 Å². The van der Waals surface area contributed by atoms with E-state index in [1.54, 1.807) is 0 Å². The van der Waals surface area contributed by atoms with Gasteiger partial charge in [0.1, 0.15) is 0 Å². The highest BCUT2D eigenvalue weighted by Crippen LogP contribution is 2.48. The molecule has 5 aromatic rings. The number of para-hydroxylation sites is 3. The number of nitrogens with zero attached hydrogens (tertiary/aromatic N) is 5. The molecule has 0 amide bonds. The van der Waals surface area contributed by atoms with E-state index in [1.807, 2.05) is 28.9 Å². The van der Waals surface area contributed by atoms with Crippen LogP contribution in [-0.4, -0.2) is 21.5 Å². The summed E-state index contributed by atoms with van der Waals surface area (Å²) in [4.78, 5) is 12.8. The van der Waals surface area contributed by atoms with E-state index in [-0.39, 0.29) is 6.04 Å². The number of rotatable bonds is 4. The first-order chi connectivity index (χ1) is 20.4. The molecule has 6 nitrogen and oxygen atoms in total. The fourth-order valence-electron chi connectivity index (χ4n) is 5.88. The van der Waals surface area contributed by atoms with Crippen LogP contribution in [0.1, 0.15) is 59.3 Å². The number of aryl methyl sites for hydroxylation is 3. The van der Waals surface area contributed by atoms with Gasteiger partial charge in [-0.2, -0.15) is 5.10 Å². The molecule has 7 rings (SSSR count). The van der Waals surface area contributed by atoms with Gasteiger partial charge in [-0.3, -0.25) is 0 Å². The normalized spacial score (nSPS) is 15.5. The minimum atomic E-state index is -0.139. The van der Waals surface area contributed by atoms with Gasteiger partial charge in [0, 0.05) is 11.3 Å². The Morgan fingerprint density at radius 2 is 1.50 bits per heavy atom. The summed E-state index contributed by atoms with van der Waals surface area (Å²) < 4.78 is 1.97. The second-order valence-corrected chi connectivity index (χ2v) is 11.5. The molecule has 1 N–H and O–H groups in total. The van der Waals surface area contributed by atoms with Crippen LogP contribution in [0.2, 0.25) is 0 Å². The van der Waals surface area contributed by atoms with Gasteiger partial charge in [0.05, 0.1) is 28.8 Å². The summed E-state index contributed by atoms with van der Waals surface area (Å²) in [5.74, 6) is 2.77. The summed E-state index contributed by atoms with van der Waals surface area (Å²) in [6.07, 6.45) is 0. The van der Waals surface area contributed by atoms with E-state index in [0.29, 0.717) is 11.8 Å². The number of amidine groups is 2. The Balaban J connectivity index is 1.47. The zero-order chi connectivity index (χ0) is 29.0. The summed E-state index contributed by atoms with van der Waals surface area (Å²) in [6, 6.07) is 33.9. The third-order valence-corrected chi connectivity index (χ3v) is 8.33. The Hall–Kier alpha value is -4.97. The number of hydrogen-bond donors (Lipinski definition) is 1. The molecule has 1 aromatic heterocycles. The highest BCUT2D eigenvalue weighted by molar-refractivity contribution is 6.51. The van der Waals surface area contributed by atoms with Crippen LogP contribution in [0.5, 0.6) is 0 Å². The topological polar surface area (TPSA) is 57.8 Å². The van der Waals surface area contributed by atoms with Crippen LogP contribution in [0.3, 0.4) is 0 Å². The predicted octanol–water partition coefficient (Wildman–Crippen LogP) is 8.72. The molecule has 4 aromatic carbocycles. The number of aliphatic imine (C=N–C) groups is 2. The van der Waals surface area contributed by atoms with Crippen LogP contribution < -0.4 is 10.2 Å². The SMILES string of the molecule is Cc1ccc(NC2=Nc3ccccc3N3C2=Nc2c(c(C)nn2-c2ccccc2)[C@@H]3c2ccc(C(C)C)cc2)cc1C. The number of fused-ring (bicyclic) bond motifs is 4. The van der Waals surface area contributed by atoms with Gasteiger partial charge in [0.2, 0.25) is 0 Å². The first-order valence-corrected chi connectivity index (χ1v) is 14.5. The lowest BCUT2D eigenvalue weighted by Crippen LogP contribution is -2.46. The zero-order valence-corrected chi connectivity index (χ0v) is 24.6. The highest BCUT2D eigenvalue weighted by atomic mass is 15.4. The first kappa shape index (κ1) is 26.0. The van der Waals surface area contributed by atoms with Crippen molar-refractivity contribution in [2.75, 3.05) is 10.2 Å². The third kappa shape index (κ3) is 4.31. The molecule has 0 fully saturated rings. The molecule has 0 spiro atoms. The number of nitrogens with one attached hydrogen (secondary N) is 1. The van der Waals surface area contributed by atoms with Crippen molar-refractivity contribution in [3.63, 3.8) is 0 Å². The molecule has 0 saturated carbocycles. The van der Waals surface area contributed by atoms with E-state index in [9.17, 15) is 0 Å². The minimum Gasteiger partial charge on any atom is -0.337 e. The van der Waals surface area contributed by atoms with Crippen molar-refractivity contribution in [1.29, 1.82) is 0 Å². The van der Waals surface area contributed by atoms with E-state index >= 15 is 0 Å². The largest absolute Gasteiger partial charge is 0.337 e. The van der Waals surface area contributed by atoms with Gasteiger partial charge in [-0.15, -0.1) is 0 Å². The van der Waals surface area contributed by atoms with Gasteiger partial charge in [0.25, 0.3) is 0 Å². The predicted molar refractivity (Wildman–Crippen MR) is 173 cm³/mol. The van der Waals surface area contributed by atoms with Crippen LogP contribution >= 0.6 is 0 Å². The highest BCUT2D eigenvalue weighted by Gasteiger charge is 2.41. The molecule has 1 atom stereocenters. The third-order valence-electron chi connectivity index (χ3n) is 8.33. The van der Waals surface area contributed by atoms with Crippen molar-refractivity contribution in [1.82, 2.24) is 9.78 Å². The molecule has 2 aliphatic heterocycles. The van der Waals surface area contributed by atoms with E-state index in [1.165, 1.54) is 22.3 Å². The van der Waals surface area contributed by atoms with E-state index in [2.05, 4.69) is 118 Å². The second-order valence-electron chi connectivity index (χ2n) is 11.5. The van der Waals surface area contributed by atoms with Gasteiger partial charge < -0.3 is 10.2 Å². The Kier molecular flexibility index (Phi) is 6.27. The lowest BCUT2D eigenvalue weighted by Gasteiger charge is -2.40.